The maximum absolute atomic E-state index is 12.0. The van der Waals surface area contributed by atoms with Crippen LogP contribution in [0.1, 0.15) is 40.5 Å². The molecule has 0 bridgehead atoms. The topological polar surface area (TPSA) is 191 Å². The molecule has 2 atom stereocenters. The van der Waals surface area contributed by atoms with Crippen molar-refractivity contribution in [3.63, 3.8) is 0 Å². The fourth-order valence-corrected chi connectivity index (χ4v) is 9.19. The van der Waals surface area contributed by atoms with Gasteiger partial charge in [0, 0.05) is 78.9 Å². The van der Waals surface area contributed by atoms with Gasteiger partial charge in [0.15, 0.2) is 0 Å². The Kier molecular flexibility index (Phi) is 24.7. The van der Waals surface area contributed by atoms with Crippen LogP contribution in [0.5, 0.6) is 46.0 Å². The van der Waals surface area contributed by atoms with Crippen LogP contribution in [-0.2, 0) is 27.4 Å². The Hall–Kier alpha value is -8.87. The van der Waals surface area contributed by atoms with E-state index < -0.39 is 17.6 Å². The second kappa shape index (κ2) is 33.1. The summed E-state index contributed by atoms with van der Waals surface area (Å²) in [6, 6.07) is 59.5. The average molecular weight is 1350 g/mol. The summed E-state index contributed by atoms with van der Waals surface area (Å²) in [5.41, 5.74) is 11.4. The number of rotatable bonds is 19. The highest BCUT2D eigenvalue weighted by Crippen LogP contribution is 2.31. The first-order chi connectivity index (χ1) is 43.2. The van der Waals surface area contributed by atoms with Crippen molar-refractivity contribution in [2.75, 3.05) is 0 Å². The zero-order valence-electron chi connectivity index (χ0n) is 49.4. The lowest BCUT2D eigenvalue weighted by molar-refractivity contribution is -0.156. The Morgan fingerprint density at radius 1 is 0.489 bits per heavy atom. The Balaban J connectivity index is 0.000000160. The molecular formula is C70H64BrCl4N7O8. The van der Waals surface area contributed by atoms with E-state index in [0.29, 0.717) is 51.1 Å². The molecule has 90 heavy (non-hydrogen) atoms. The van der Waals surface area contributed by atoms with Gasteiger partial charge in [-0.15, -0.1) is 0 Å². The number of ether oxygens (including phenoxy) is 5. The van der Waals surface area contributed by atoms with Gasteiger partial charge in [0.2, 0.25) is 0 Å². The molecule has 15 nitrogen and oxygen atoms in total. The molecule has 0 fully saturated rings. The number of hydrogen-bond donors (Lipinski definition) is 3. The SMILES string of the molecule is C[C@@H](CC(=O)OC(C)(C)C)Cn1cc(-c2ccc(Oc3ccc(Cl)cc3)cc2)cn1.Clc1ccc(Oc2ccc(-c3cn[nH]c3)cc2)cc1.Clc1ccc(Oc2ccc(Br)cc2)cc1.N[C@@H](CC(=O)O)Cn1cc(-c2ccc(Oc3ccc(Cl)cc3)cc2)cn1. The summed E-state index contributed by atoms with van der Waals surface area (Å²) < 4.78 is 32.9. The highest BCUT2D eigenvalue weighted by Gasteiger charge is 2.19. The molecule has 3 heterocycles. The van der Waals surface area contributed by atoms with Crippen molar-refractivity contribution in [3.05, 3.63) is 256 Å². The Morgan fingerprint density at radius 2 is 0.811 bits per heavy atom. The van der Waals surface area contributed by atoms with Crippen molar-refractivity contribution in [2.24, 2.45) is 11.7 Å². The van der Waals surface area contributed by atoms with Crippen molar-refractivity contribution in [1.82, 2.24) is 29.8 Å². The summed E-state index contributed by atoms with van der Waals surface area (Å²) in [5.74, 6) is 5.08. The van der Waals surface area contributed by atoms with Crippen LogP contribution in [0.2, 0.25) is 20.1 Å². The predicted octanol–water partition coefficient (Wildman–Crippen LogP) is 19.6. The molecule has 20 heteroatoms. The molecule has 11 aromatic rings. The number of aromatic nitrogens is 6. The van der Waals surface area contributed by atoms with E-state index in [1.165, 1.54) is 0 Å². The van der Waals surface area contributed by atoms with Crippen molar-refractivity contribution in [3.8, 4) is 79.4 Å². The van der Waals surface area contributed by atoms with Gasteiger partial charge in [0.05, 0.1) is 31.6 Å². The number of carbonyl (C=O) groups excluding carboxylic acids is 1. The van der Waals surface area contributed by atoms with Gasteiger partial charge in [0.25, 0.3) is 0 Å². The summed E-state index contributed by atoms with van der Waals surface area (Å²) in [7, 11) is 0. The summed E-state index contributed by atoms with van der Waals surface area (Å²) in [5, 5.41) is 26.9. The first-order valence-corrected chi connectivity index (χ1v) is 30.6. The molecule has 0 radical (unpaired) electrons. The molecular weight excluding hydrogens is 1290 g/mol. The first kappa shape index (κ1) is 67.1. The molecule has 0 saturated carbocycles. The van der Waals surface area contributed by atoms with E-state index in [1.807, 2.05) is 191 Å². The second-order valence-electron chi connectivity index (χ2n) is 21.4. The highest BCUT2D eigenvalue weighted by atomic mass is 79.9. The number of benzene rings is 8. The van der Waals surface area contributed by atoms with Gasteiger partial charge in [-0.05, 0) is 201 Å². The summed E-state index contributed by atoms with van der Waals surface area (Å²) in [4.78, 5) is 22.7. The molecule has 0 saturated heterocycles. The lowest BCUT2D eigenvalue weighted by Gasteiger charge is -2.20. The van der Waals surface area contributed by atoms with Gasteiger partial charge in [-0.1, -0.05) is 106 Å². The third-order valence-electron chi connectivity index (χ3n) is 12.6. The fraction of sp³-hybridized carbons (Fsp3) is 0.157. The predicted molar refractivity (Wildman–Crippen MR) is 359 cm³/mol. The molecule has 0 aliphatic rings. The third-order valence-corrected chi connectivity index (χ3v) is 14.2. The van der Waals surface area contributed by atoms with Crippen molar-refractivity contribution in [1.29, 1.82) is 0 Å². The number of nitrogens with two attached hydrogens (primary N) is 1. The first-order valence-electron chi connectivity index (χ1n) is 28.3. The lowest BCUT2D eigenvalue weighted by Crippen LogP contribution is -2.29. The van der Waals surface area contributed by atoms with Crippen LogP contribution in [0.3, 0.4) is 0 Å². The van der Waals surface area contributed by atoms with Crippen LogP contribution in [-0.4, -0.2) is 58.4 Å². The van der Waals surface area contributed by atoms with Crippen LogP contribution in [0.25, 0.3) is 33.4 Å². The minimum absolute atomic E-state index is 0.0913. The monoisotopic (exact) mass is 1350 g/mol. The van der Waals surface area contributed by atoms with E-state index in [0.717, 1.165) is 72.4 Å². The number of hydrogen-bond acceptors (Lipinski definition) is 11. The molecule has 0 spiro atoms. The van der Waals surface area contributed by atoms with Crippen LogP contribution < -0.4 is 24.7 Å². The summed E-state index contributed by atoms with van der Waals surface area (Å²) in [6.45, 7) is 8.65. The van der Waals surface area contributed by atoms with Crippen LogP contribution in [0.15, 0.2) is 236 Å². The van der Waals surface area contributed by atoms with E-state index in [9.17, 15) is 9.59 Å². The summed E-state index contributed by atoms with van der Waals surface area (Å²) in [6.07, 6.45) is 11.3. The van der Waals surface area contributed by atoms with Crippen LogP contribution in [0, 0.1) is 5.92 Å². The largest absolute Gasteiger partial charge is 0.481 e. The number of nitrogens with one attached hydrogen (secondary N) is 1. The summed E-state index contributed by atoms with van der Waals surface area (Å²) >= 11 is 26.7. The zero-order chi connectivity index (χ0) is 64.0. The molecule has 11 rings (SSSR count). The molecule has 0 unspecified atom stereocenters. The highest BCUT2D eigenvalue weighted by molar-refractivity contribution is 9.10. The van der Waals surface area contributed by atoms with Crippen molar-refractivity contribution < 1.29 is 38.4 Å². The van der Waals surface area contributed by atoms with E-state index in [-0.39, 0.29) is 18.3 Å². The van der Waals surface area contributed by atoms with Crippen molar-refractivity contribution >= 4 is 74.3 Å². The van der Waals surface area contributed by atoms with Crippen LogP contribution >= 0.6 is 62.3 Å². The maximum Gasteiger partial charge on any atom is 0.306 e. The third kappa shape index (κ3) is 22.9. The number of esters is 1. The van der Waals surface area contributed by atoms with Gasteiger partial charge in [0.1, 0.15) is 51.6 Å². The standard InChI is InChI=1S/C24H27ClN2O3.C19H18ClN3O3.C15H11ClN2O.C12H8BrClO/c1-17(13-23(28)30-24(2,3)4)15-27-16-19(14-26-27)18-5-9-21(10-6-18)29-22-11-7-20(25)8-12-22;20-15-3-7-18(8-4-15)26-17-5-1-13(2-6-17)14-10-22-23(11-14)12-16(21)9-19(24)25;16-13-3-7-15(8-4-13)19-14-5-1-11(2-6-14)12-9-17-18-10-12;13-9-1-5-11(6-2-9)15-12-7-3-10(14)4-8-12/h5-12,14,16-17H,13,15H2,1-4H3;1-8,10-11,16H,9,12,21H2,(H,24,25);1-10H,(H,17,18);1-8H/t17-;16-;;/m00../s1. The van der Waals surface area contributed by atoms with Crippen molar-refractivity contribution in [2.45, 2.75) is 65.3 Å². The number of aromatic amines is 1. The van der Waals surface area contributed by atoms with Gasteiger partial charge >= 0.3 is 11.9 Å². The minimum Gasteiger partial charge on any atom is -0.481 e. The van der Waals surface area contributed by atoms with Gasteiger partial charge in [-0.2, -0.15) is 15.3 Å². The smallest absolute Gasteiger partial charge is 0.306 e. The van der Waals surface area contributed by atoms with Gasteiger partial charge in [-0.25, -0.2) is 0 Å². The quantitative estimate of drug-likeness (QED) is 0.0650. The molecule has 462 valence electrons. The van der Waals surface area contributed by atoms with E-state index in [2.05, 4.69) is 36.3 Å². The number of aliphatic carboxylic acids is 1. The lowest BCUT2D eigenvalue weighted by atomic mass is 10.1. The minimum atomic E-state index is -0.916. The molecule has 0 aliphatic heterocycles. The van der Waals surface area contributed by atoms with E-state index in [1.54, 1.807) is 77.7 Å². The number of carboxylic acid groups (broad SMARTS) is 1. The van der Waals surface area contributed by atoms with Crippen LogP contribution in [0.4, 0.5) is 0 Å². The molecule has 4 N–H and O–H groups in total. The number of carbonyl (C=O) groups is 2. The molecule has 0 aliphatic carbocycles. The number of nitrogens with zero attached hydrogens (tertiary/aromatic N) is 5. The van der Waals surface area contributed by atoms with E-state index in [4.69, 9.17) is 80.9 Å². The van der Waals surface area contributed by atoms with E-state index >= 15 is 0 Å². The van der Waals surface area contributed by atoms with Gasteiger partial charge < -0.3 is 34.5 Å². The zero-order valence-corrected chi connectivity index (χ0v) is 54.0. The molecule has 0 amide bonds. The maximum atomic E-state index is 12.0. The Labute approximate surface area is 550 Å². The Bertz CT molecular complexity index is 3920. The molecule has 3 aromatic heterocycles. The number of halogens is 5. The number of H-pyrrole nitrogens is 1. The normalized spacial score (nSPS) is 11.4. The average Bonchev–Trinajstić information content (AvgIpc) is 2.61. The number of carboxylic acids is 1. The Morgan fingerprint density at radius 3 is 1.13 bits per heavy atom. The fourth-order valence-electron chi connectivity index (χ4n) is 8.42. The second-order valence-corrected chi connectivity index (χ2v) is 24.1. The molecule has 8 aromatic carbocycles. The van der Waals surface area contributed by atoms with Gasteiger partial charge in [-0.3, -0.25) is 24.1 Å².